The molecule has 0 spiro atoms. The summed E-state index contributed by atoms with van der Waals surface area (Å²) in [5, 5.41) is 0. The molecule has 43 heavy (non-hydrogen) atoms. The summed E-state index contributed by atoms with van der Waals surface area (Å²) in [5.74, 6) is 0.00415. The van der Waals surface area contributed by atoms with Gasteiger partial charge in [0, 0.05) is 17.7 Å². The summed E-state index contributed by atoms with van der Waals surface area (Å²) < 4.78 is 27.1. The van der Waals surface area contributed by atoms with Gasteiger partial charge in [-0.3, -0.25) is 0 Å². The van der Waals surface area contributed by atoms with Gasteiger partial charge in [0.05, 0.1) is 25.9 Å². The van der Waals surface area contributed by atoms with Crippen molar-refractivity contribution in [2.45, 2.75) is 58.4 Å². The third-order valence-electron chi connectivity index (χ3n) is 6.63. The molecule has 0 aliphatic rings. The average Bonchev–Trinajstić information content (AvgIpc) is 3.00. The van der Waals surface area contributed by atoms with Crippen LogP contribution in [-0.4, -0.2) is 69.9 Å². The van der Waals surface area contributed by atoms with Gasteiger partial charge < -0.3 is 28.6 Å². The van der Waals surface area contributed by atoms with Crippen LogP contribution in [0.3, 0.4) is 0 Å². The first-order valence-corrected chi connectivity index (χ1v) is 14.6. The van der Waals surface area contributed by atoms with Crippen molar-refractivity contribution < 1.29 is 38.1 Å². The molecular weight excluding hydrogens is 550 g/mol. The molecule has 2 aromatic carbocycles. The van der Waals surface area contributed by atoms with Crippen LogP contribution in [0.5, 0.6) is 17.2 Å². The van der Waals surface area contributed by atoms with E-state index < -0.39 is 11.9 Å². The number of hydrogen-bond donors (Lipinski definition) is 0. The van der Waals surface area contributed by atoms with Gasteiger partial charge in [-0.25, -0.2) is 14.4 Å². The Labute approximate surface area is 255 Å². The Morgan fingerprint density at radius 2 is 1.53 bits per heavy atom. The molecule has 0 heterocycles. The van der Waals surface area contributed by atoms with E-state index in [1.165, 1.54) is 13.2 Å². The fourth-order valence-electron chi connectivity index (χ4n) is 3.67. The van der Waals surface area contributed by atoms with Crippen molar-refractivity contribution in [1.29, 1.82) is 0 Å². The summed E-state index contributed by atoms with van der Waals surface area (Å²) in [6.45, 7) is 8.49. The van der Waals surface area contributed by atoms with E-state index in [4.69, 9.17) is 23.7 Å². The first kappa shape index (κ1) is 35.1. The zero-order chi connectivity index (χ0) is 31.6. The number of likely N-dealkylation sites (N-methyl/N-ethyl adjacent to an activating group) is 1. The lowest BCUT2D eigenvalue weighted by molar-refractivity contribution is -0.139. The predicted molar refractivity (Wildman–Crippen MR) is 167 cm³/mol. The van der Waals surface area contributed by atoms with Gasteiger partial charge in [0.25, 0.3) is 0 Å². The largest absolute Gasteiger partial charge is 0.494 e. The molecule has 0 aliphatic heterocycles. The molecule has 0 fully saturated rings. The van der Waals surface area contributed by atoms with Gasteiger partial charge in [-0.15, -0.1) is 0 Å². The maximum atomic E-state index is 12.7. The maximum Gasteiger partial charge on any atom is 0.343 e. The van der Waals surface area contributed by atoms with Crippen molar-refractivity contribution in [2.24, 2.45) is 0 Å². The van der Waals surface area contributed by atoms with Crippen molar-refractivity contribution in [1.82, 2.24) is 4.90 Å². The number of rotatable bonds is 19. The Bertz CT molecular complexity index is 1220. The third-order valence-corrected chi connectivity index (χ3v) is 6.63. The molecule has 0 saturated carbocycles. The lowest BCUT2D eigenvalue weighted by Gasteiger charge is -2.18. The number of esters is 3. The van der Waals surface area contributed by atoms with Crippen LogP contribution in [0, 0.1) is 0 Å². The molecule has 9 nitrogen and oxygen atoms in total. The molecule has 234 valence electrons. The number of unbranched alkanes of at least 4 members (excludes halogenated alkanes) is 5. The molecule has 0 aromatic heterocycles. The molecular formula is C34H45NO8. The minimum atomic E-state index is -0.527. The van der Waals surface area contributed by atoms with E-state index >= 15 is 0 Å². The Morgan fingerprint density at radius 3 is 2.16 bits per heavy atom. The average molecular weight is 596 g/mol. The fraction of sp³-hybridized carbons (Fsp3) is 0.441. The van der Waals surface area contributed by atoms with Crippen LogP contribution in [0.15, 0.2) is 60.7 Å². The van der Waals surface area contributed by atoms with Crippen LogP contribution >= 0.6 is 0 Å². The van der Waals surface area contributed by atoms with Gasteiger partial charge in [-0.2, -0.15) is 0 Å². The number of carbonyl (C=O) groups is 3. The summed E-state index contributed by atoms with van der Waals surface area (Å²) in [6, 6.07) is 11.9. The quantitative estimate of drug-likeness (QED) is 0.0806. The predicted octanol–water partition coefficient (Wildman–Crippen LogP) is 6.26. The fourth-order valence-corrected chi connectivity index (χ4v) is 3.67. The highest BCUT2D eigenvalue weighted by molar-refractivity contribution is 5.91. The molecule has 0 saturated heterocycles. The first-order valence-electron chi connectivity index (χ1n) is 14.6. The standard InChI is InChI=1S/C34H45NO8/c1-25(2)33(37)41-22-12-10-8-7-9-11-21-40-29-17-15-28(16-18-29)34(38)43-30-19-13-27(23-31(30)39-6)14-20-32(36)42-24-26(3)35(4)5/h13-20,23,26H,1,7-12,21-22,24H2,2-6H3/b20-14+. The minimum Gasteiger partial charge on any atom is -0.494 e. The molecule has 9 heteroatoms. The second-order valence-corrected chi connectivity index (χ2v) is 10.5. The Balaban J connectivity index is 1.73. The second-order valence-electron chi connectivity index (χ2n) is 10.5. The van der Waals surface area contributed by atoms with Gasteiger partial charge in [0.1, 0.15) is 12.4 Å². The number of methoxy groups -OCH3 is 1. The lowest BCUT2D eigenvalue weighted by atomic mass is 10.1. The van der Waals surface area contributed by atoms with E-state index in [0.29, 0.717) is 48.0 Å². The summed E-state index contributed by atoms with van der Waals surface area (Å²) in [4.78, 5) is 38.0. The summed E-state index contributed by atoms with van der Waals surface area (Å²) in [7, 11) is 5.32. The molecule has 2 aromatic rings. The Hall–Kier alpha value is -4.11. The van der Waals surface area contributed by atoms with Gasteiger partial charge in [-0.1, -0.05) is 38.3 Å². The van der Waals surface area contributed by atoms with Crippen molar-refractivity contribution in [3.63, 3.8) is 0 Å². The van der Waals surface area contributed by atoms with E-state index in [9.17, 15) is 14.4 Å². The van der Waals surface area contributed by atoms with E-state index in [0.717, 1.165) is 38.5 Å². The van der Waals surface area contributed by atoms with Gasteiger partial charge in [-0.05, 0) is 88.8 Å². The topological polar surface area (TPSA) is 101 Å². The van der Waals surface area contributed by atoms with E-state index in [2.05, 4.69) is 6.58 Å². The van der Waals surface area contributed by atoms with Crippen molar-refractivity contribution in [3.8, 4) is 17.2 Å². The molecule has 1 unspecified atom stereocenters. The van der Waals surface area contributed by atoms with Crippen molar-refractivity contribution in [3.05, 3.63) is 71.8 Å². The normalized spacial score (nSPS) is 11.7. The highest BCUT2D eigenvalue weighted by Crippen LogP contribution is 2.29. The minimum absolute atomic E-state index is 0.112. The van der Waals surface area contributed by atoms with Crippen molar-refractivity contribution >= 4 is 24.0 Å². The zero-order valence-corrected chi connectivity index (χ0v) is 26.1. The Morgan fingerprint density at radius 1 is 0.884 bits per heavy atom. The van der Waals surface area contributed by atoms with Crippen molar-refractivity contribution in [2.75, 3.05) is 41.0 Å². The van der Waals surface area contributed by atoms with Crippen LogP contribution < -0.4 is 14.2 Å². The van der Waals surface area contributed by atoms with Crippen LogP contribution in [-0.2, 0) is 19.1 Å². The van der Waals surface area contributed by atoms with Gasteiger partial charge >= 0.3 is 17.9 Å². The number of nitrogens with zero attached hydrogens (tertiary/aromatic N) is 1. The van der Waals surface area contributed by atoms with Gasteiger partial charge in [0.15, 0.2) is 11.5 Å². The zero-order valence-electron chi connectivity index (χ0n) is 26.1. The van der Waals surface area contributed by atoms with Gasteiger partial charge in [0.2, 0.25) is 0 Å². The lowest BCUT2D eigenvalue weighted by Crippen LogP contribution is -2.30. The third kappa shape index (κ3) is 13.6. The molecule has 0 bridgehead atoms. The SMILES string of the molecule is C=C(C)C(=O)OCCCCCCCCOc1ccc(C(=O)Oc2ccc(/C=C/C(=O)OCC(C)N(C)C)cc2OC)cc1. The highest BCUT2D eigenvalue weighted by atomic mass is 16.6. The molecule has 0 radical (unpaired) electrons. The summed E-state index contributed by atoms with van der Waals surface area (Å²) in [5.41, 5.74) is 1.49. The maximum absolute atomic E-state index is 12.7. The summed E-state index contributed by atoms with van der Waals surface area (Å²) in [6.07, 6.45) is 8.98. The van der Waals surface area contributed by atoms with Crippen LogP contribution in [0.4, 0.5) is 0 Å². The van der Waals surface area contributed by atoms with E-state index in [1.54, 1.807) is 55.5 Å². The summed E-state index contributed by atoms with van der Waals surface area (Å²) >= 11 is 0. The Kier molecular flexibility index (Phi) is 15.6. The number of carbonyl (C=O) groups excluding carboxylic acids is 3. The van der Waals surface area contributed by atoms with Crippen LogP contribution in [0.25, 0.3) is 6.08 Å². The first-order chi connectivity index (χ1) is 20.6. The molecule has 0 N–H and O–H groups in total. The number of hydrogen-bond acceptors (Lipinski definition) is 9. The monoisotopic (exact) mass is 595 g/mol. The van der Waals surface area contributed by atoms with E-state index in [-0.39, 0.29) is 17.8 Å². The highest BCUT2D eigenvalue weighted by Gasteiger charge is 2.13. The van der Waals surface area contributed by atoms with Crippen LogP contribution in [0.1, 0.15) is 68.3 Å². The second kappa shape index (κ2) is 19.2. The smallest absolute Gasteiger partial charge is 0.343 e. The number of benzene rings is 2. The molecule has 0 amide bonds. The molecule has 2 rings (SSSR count). The number of ether oxygens (including phenoxy) is 5. The molecule has 1 atom stereocenters. The van der Waals surface area contributed by atoms with E-state index in [1.807, 2.05) is 25.9 Å². The molecule has 0 aliphatic carbocycles. The van der Waals surface area contributed by atoms with Crippen LogP contribution in [0.2, 0.25) is 0 Å².